The van der Waals surface area contributed by atoms with E-state index in [1.165, 1.54) is 0 Å². The van der Waals surface area contributed by atoms with Crippen LogP contribution in [-0.4, -0.2) is 4.20 Å². The van der Waals surface area contributed by atoms with Crippen LogP contribution in [0.25, 0.3) is 0 Å². The minimum Gasteiger partial charge on any atom is -0.372 e. The van der Waals surface area contributed by atoms with Crippen LogP contribution in [0.3, 0.4) is 0 Å². The molecule has 1 N–H and O–H groups in total. The van der Waals surface area contributed by atoms with E-state index in [4.69, 9.17) is 12.6 Å². The van der Waals surface area contributed by atoms with Crippen molar-refractivity contribution in [2.75, 3.05) is 0 Å². The van der Waals surface area contributed by atoms with Crippen LogP contribution in [0.2, 0.25) is 0 Å². The van der Waals surface area contributed by atoms with E-state index in [1.54, 1.807) is 0 Å². The van der Waals surface area contributed by atoms with Gasteiger partial charge in [0.1, 0.15) is 0 Å². The molecule has 0 atom stereocenters. The summed E-state index contributed by atoms with van der Waals surface area (Å²) in [6.45, 7) is 0. The number of halogens is 1. The summed E-state index contributed by atoms with van der Waals surface area (Å²) in [6, 6.07) is 0. The summed E-state index contributed by atoms with van der Waals surface area (Å²) in [5, 5.41) is 0. The van der Waals surface area contributed by atoms with E-state index in [9.17, 15) is 0 Å². The largest absolute Gasteiger partial charge is 0.433 e. The molecule has 0 heterocycles. The van der Waals surface area contributed by atoms with Crippen molar-refractivity contribution >= 4 is 0 Å². The Hall–Kier alpha value is 1.46. The first kappa shape index (κ1) is 9.68. The second-order valence-electron chi connectivity index (χ2n) is 0.201. The van der Waals surface area contributed by atoms with E-state index >= 15 is 0 Å². The van der Waals surface area contributed by atoms with Crippen molar-refractivity contribution in [3.63, 3.8) is 0 Å². The van der Waals surface area contributed by atoms with Gasteiger partial charge in [0.25, 0.3) is 0 Å². The van der Waals surface area contributed by atoms with Crippen molar-refractivity contribution in [3.05, 3.63) is 0 Å². The van der Waals surface area contributed by atoms with Gasteiger partial charge in [0.15, 0.2) is 0 Å². The van der Waals surface area contributed by atoms with Crippen LogP contribution in [0.5, 0.6) is 0 Å². The van der Waals surface area contributed by atoms with E-state index in [1.807, 2.05) is 0 Å². The fourth-order valence-corrected chi connectivity index (χ4v) is 0. The zero-order valence-corrected chi connectivity index (χ0v) is 6.64. The standard InChI is InChI=1S/BrHO3.Y/c2-1(3)4;/h2H;. The Morgan fingerprint density at radius 2 is 1.40 bits per heavy atom. The van der Waals surface area contributed by atoms with Gasteiger partial charge < -0.3 is 8.40 Å². The van der Waals surface area contributed by atoms with E-state index in [0.717, 1.165) is 0 Å². The second kappa shape index (κ2) is 5.46. The molecule has 0 rings (SSSR count). The SMILES string of the molecule is [O-][Br+2]([O-])O.[Y]. The molecule has 0 bridgehead atoms. The first-order valence-electron chi connectivity index (χ1n) is 0.478. The Morgan fingerprint density at radius 1 is 1.40 bits per heavy atom. The average molecular weight is 218 g/mol. The first-order valence-corrected chi connectivity index (χ1v) is 2.48. The van der Waals surface area contributed by atoms with Crippen LogP contribution in [0.1, 0.15) is 0 Å². The fourth-order valence-electron chi connectivity index (χ4n) is 0. The summed E-state index contributed by atoms with van der Waals surface area (Å²) in [7, 11) is 0. The monoisotopic (exact) mass is 217 g/mol. The average Bonchev–Trinajstić information content (AvgIpc) is 0.811. The van der Waals surface area contributed by atoms with Crippen molar-refractivity contribution in [3.8, 4) is 0 Å². The molecule has 0 aliphatic carbocycles. The molecule has 0 aromatic heterocycles. The molecule has 0 saturated heterocycles. The topological polar surface area (TPSA) is 66.3 Å². The second-order valence-corrected chi connectivity index (χ2v) is 1.04. The van der Waals surface area contributed by atoms with Crippen molar-refractivity contribution in [2.24, 2.45) is 0 Å². The van der Waals surface area contributed by atoms with Crippen LogP contribution >= 0.6 is 0 Å². The van der Waals surface area contributed by atoms with Crippen LogP contribution in [0.4, 0.5) is 0 Å². The molecule has 0 amide bonds. The molecule has 0 aliphatic heterocycles. The van der Waals surface area contributed by atoms with Crippen molar-refractivity contribution < 1.29 is 60.1 Å². The zero-order valence-electron chi connectivity index (χ0n) is 2.22. The molecule has 0 fully saturated rings. The van der Waals surface area contributed by atoms with Gasteiger partial charge in [-0.3, -0.25) is 0 Å². The van der Waals surface area contributed by atoms with Gasteiger partial charge in [-0.25, -0.2) is 0 Å². The molecule has 0 spiro atoms. The van der Waals surface area contributed by atoms with Crippen molar-refractivity contribution in [2.45, 2.75) is 0 Å². The van der Waals surface area contributed by atoms with E-state index in [0.29, 0.717) is 0 Å². The smallest absolute Gasteiger partial charge is 0.372 e. The first-order chi connectivity index (χ1) is 1.73. The van der Waals surface area contributed by atoms with Crippen LogP contribution in [0.15, 0.2) is 0 Å². The van der Waals surface area contributed by atoms with Crippen molar-refractivity contribution in [1.29, 1.82) is 0 Å². The molecule has 29 valence electrons. The Morgan fingerprint density at radius 3 is 1.40 bits per heavy atom. The molecular formula is HBrO3Y. The maximum atomic E-state index is 8.63. The summed E-state index contributed by atoms with van der Waals surface area (Å²) in [5.41, 5.74) is 0. The summed E-state index contributed by atoms with van der Waals surface area (Å²) in [4.78, 5) is 0. The van der Waals surface area contributed by atoms with E-state index in [-0.39, 0.29) is 32.7 Å². The van der Waals surface area contributed by atoms with Crippen LogP contribution in [0, 0.1) is 14.8 Å². The summed E-state index contributed by atoms with van der Waals surface area (Å²) < 4.78 is 24.3. The third-order valence-corrected chi connectivity index (χ3v) is 0. The minimum atomic E-state index is -3.40. The van der Waals surface area contributed by atoms with Gasteiger partial charge in [-0.15, -0.1) is 0 Å². The van der Waals surface area contributed by atoms with Gasteiger partial charge in [0.2, 0.25) is 0 Å². The third-order valence-electron chi connectivity index (χ3n) is 0. The molecule has 0 saturated carbocycles. The molecule has 3 nitrogen and oxygen atoms in total. The Bertz CT molecular complexity index is 11.6. The number of hydrogen-bond donors (Lipinski definition) is 1. The van der Waals surface area contributed by atoms with Crippen molar-refractivity contribution in [1.82, 2.24) is 0 Å². The fraction of sp³-hybridized carbons (Fsp3) is 0. The summed E-state index contributed by atoms with van der Waals surface area (Å²) in [5.74, 6) is 0. The molecule has 5 heavy (non-hydrogen) atoms. The van der Waals surface area contributed by atoms with Crippen LogP contribution in [-0.2, 0) is 32.7 Å². The van der Waals surface area contributed by atoms with Gasteiger partial charge >= 0.3 is 14.8 Å². The molecular weight excluding hydrogens is 217 g/mol. The van der Waals surface area contributed by atoms with Gasteiger partial charge in [-0.05, 0) is 4.20 Å². The zero-order chi connectivity index (χ0) is 3.58. The number of rotatable bonds is 0. The minimum absolute atomic E-state index is 0. The Labute approximate surface area is 59.7 Å². The molecule has 0 aromatic rings. The Kier molecular flexibility index (Phi) is 10.6. The summed E-state index contributed by atoms with van der Waals surface area (Å²) >= 11 is -3.40. The van der Waals surface area contributed by atoms with E-state index < -0.39 is 14.8 Å². The molecule has 0 aliphatic rings. The predicted molar refractivity (Wildman–Crippen MR) is 2.22 cm³/mol. The van der Waals surface area contributed by atoms with Gasteiger partial charge in [-0.2, -0.15) is 0 Å². The Balaban J connectivity index is 0. The number of hydrogen-bond acceptors (Lipinski definition) is 3. The summed E-state index contributed by atoms with van der Waals surface area (Å²) in [6.07, 6.45) is 0. The molecule has 0 aromatic carbocycles. The van der Waals surface area contributed by atoms with E-state index in [2.05, 4.69) is 0 Å². The molecule has 5 heteroatoms. The van der Waals surface area contributed by atoms with Gasteiger partial charge in [-0.1, -0.05) is 0 Å². The quantitative estimate of drug-likeness (QED) is 0.473. The maximum Gasteiger partial charge on any atom is 0.433 e. The third kappa shape index (κ3) is 30.6. The predicted octanol–water partition coefficient (Wildman–Crippen LogP) is -2.94. The van der Waals surface area contributed by atoms with Gasteiger partial charge in [0.05, 0.1) is 0 Å². The normalized spacial score (nSPS) is 7.20. The van der Waals surface area contributed by atoms with Crippen LogP contribution < -0.4 is 8.40 Å². The molecule has 0 unspecified atom stereocenters. The maximum absolute atomic E-state index is 8.63. The molecule has 1 radical (unpaired) electrons. The van der Waals surface area contributed by atoms with Gasteiger partial charge in [0, 0.05) is 32.7 Å².